The first-order valence-corrected chi connectivity index (χ1v) is 12.1. The van der Waals surface area contributed by atoms with E-state index < -0.39 is 5.92 Å². The van der Waals surface area contributed by atoms with E-state index in [9.17, 15) is 4.79 Å². The number of ether oxygens (including phenoxy) is 2. The van der Waals surface area contributed by atoms with Gasteiger partial charge in [0.25, 0.3) is 5.91 Å². The van der Waals surface area contributed by atoms with Crippen LogP contribution < -0.4 is 14.9 Å². The lowest BCUT2D eigenvalue weighted by Gasteiger charge is -2.16. The zero-order chi connectivity index (χ0) is 25.2. The Morgan fingerprint density at radius 3 is 2.11 bits per heavy atom. The third-order valence-corrected chi connectivity index (χ3v) is 5.74. The summed E-state index contributed by atoms with van der Waals surface area (Å²) >= 11 is 5.95. The van der Waals surface area contributed by atoms with Crippen molar-refractivity contribution in [1.82, 2.24) is 5.43 Å². The molecule has 4 aromatic rings. The molecule has 5 nitrogen and oxygen atoms in total. The fourth-order valence-electron chi connectivity index (χ4n) is 3.76. The predicted octanol–water partition coefficient (Wildman–Crippen LogP) is 6.60. The van der Waals surface area contributed by atoms with Crippen LogP contribution >= 0.6 is 11.6 Å². The summed E-state index contributed by atoms with van der Waals surface area (Å²) in [5, 5.41) is 4.90. The van der Waals surface area contributed by atoms with Crippen molar-refractivity contribution in [3.05, 3.63) is 130 Å². The second kappa shape index (κ2) is 12.6. The molecule has 4 rings (SSSR count). The highest BCUT2D eigenvalue weighted by atomic mass is 35.5. The van der Waals surface area contributed by atoms with E-state index in [1.165, 1.54) is 0 Å². The van der Waals surface area contributed by atoms with Crippen molar-refractivity contribution in [2.24, 2.45) is 5.10 Å². The molecule has 1 N–H and O–H groups in total. The standard InChI is InChI=1S/C30H27ClN2O3/c1-2-35-28-19-23(15-18-27(28)36-21-22-13-16-26(31)17-14-22)20-32-33-30(34)29(24-9-5-3-6-10-24)25-11-7-4-8-12-25/h3-20,29H,2,21H2,1H3,(H,33,34). The van der Waals surface area contributed by atoms with Crippen molar-refractivity contribution in [2.75, 3.05) is 6.61 Å². The molecule has 4 aromatic carbocycles. The second-order valence-corrected chi connectivity index (χ2v) is 8.48. The predicted molar refractivity (Wildman–Crippen MR) is 144 cm³/mol. The van der Waals surface area contributed by atoms with E-state index in [0.29, 0.717) is 29.7 Å². The largest absolute Gasteiger partial charge is 0.490 e. The molecule has 0 unspecified atom stereocenters. The lowest BCUT2D eigenvalue weighted by Crippen LogP contribution is -2.26. The van der Waals surface area contributed by atoms with E-state index in [1.807, 2.05) is 110 Å². The number of hydrazone groups is 1. The normalized spacial score (nSPS) is 11.0. The number of amides is 1. The highest BCUT2D eigenvalue weighted by molar-refractivity contribution is 6.30. The van der Waals surface area contributed by atoms with Crippen molar-refractivity contribution in [2.45, 2.75) is 19.4 Å². The number of carbonyl (C=O) groups excluding carboxylic acids is 1. The third kappa shape index (κ3) is 6.74. The van der Waals surface area contributed by atoms with Crippen molar-refractivity contribution in [3.63, 3.8) is 0 Å². The number of nitrogens with one attached hydrogen (secondary N) is 1. The van der Waals surface area contributed by atoms with Crippen LogP contribution in [0.1, 0.15) is 35.1 Å². The van der Waals surface area contributed by atoms with Gasteiger partial charge in [-0.15, -0.1) is 0 Å². The molecule has 0 atom stereocenters. The second-order valence-electron chi connectivity index (χ2n) is 8.04. The van der Waals surface area contributed by atoms with Gasteiger partial charge in [-0.1, -0.05) is 84.4 Å². The quantitative estimate of drug-likeness (QED) is 0.198. The van der Waals surface area contributed by atoms with Crippen LogP contribution in [0.15, 0.2) is 108 Å². The molecule has 0 aromatic heterocycles. The molecule has 0 fully saturated rings. The minimum atomic E-state index is -0.466. The molecule has 0 saturated heterocycles. The van der Waals surface area contributed by atoms with E-state index in [1.54, 1.807) is 6.21 Å². The lowest BCUT2D eigenvalue weighted by atomic mass is 9.91. The van der Waals surface area contributed by atoms with Crippen LogP contribution in [0.2, 0.25) is 5.02 Å². The minimum Gasteiger partial charge on any atom is -0.490 e. The van der Waals surface area contributed by atoms with Gasteiger partial charge in [0.15, 0.2) is 11.5 Å². The number of nitrogens with zero attached hydrogens (tertiary/aromatic N) is 1. The van der Waals surface area contributed by atoms with E-state index in [4.69, 9.17) is 21.1 Å². The Kier molecular flexibility index (Phi) is 8.73. The van der Waals surface area contributed by atoms with Crippen LogP contribution in [0, 0.1) is 0 Å². The maximum atomic E-state index is 13.1. The summed E-state index contributed by atoms with van der Waals surface area (Å²) in [5.74, 6) is 0.554. The Labute approximate surface area is 216 Å². The topological polar surface area (TPSA) is 59.9 Å². The number of benzene rings is 4. The summed E-state index contributed by atoms with van der Waals surface area (Å²) in [6.07, 6.45) is 1.59. The van der Waals surface area contributed by atoms with Gasteiger partial charge in [0.1, 0.15) is 6.61 Å². The number of hydrogen-bond acceptors (Lipinski definition) is 4. The molecule has 0 radical (unpaired) electrons. The van der Waals surface area contributed by atoms with Gasteiger partial charge in [0.2, 0.25) is 0 Å². The monoisotopic (exact) mass is 498 g/mol. The molecule has 6 heteroatoms. The summed E-state index contributed by atoms with van der Waals surface area (Å²) in [7, 11) is 0. The minimum absolute atomic E-state index is 0.211. The fraction of sp³-hybridized carbons (Fsp3) is 0.133. The van der Waals surface area contributed by atoms with Gasteiger partial charge in [-0.05, 0) is 59.5 Å². The molecule has 0 aliphatic heterocycles. The molecule has 0 aliphatic rings. The van der Waals surface area contributed by atoms with Crippen LogP contribution in [0.4, 0.5) is 0 Å². The van der Waals surface area contributed by atoms with Crippen LogP contribution in [-0.4, -0.2) is 18.7 Å². The highest BCUT2D eigenvalue weighted by Gasteiger charge is 2.22. The molecule has 0 bridgehead atoms. The SMILES string of the molecule is CCOc1cc(C=NNC(=O)C(c2ccccc2)c2ccccc2)ccc1OCc1ccc(Cl)cc1. The summed E-state index contributed by atoms with van der Waals surface area (Å²) < 4.78 is 11.7. The molecule has 1 amide bonds. The first kappa shape index (κ1) is 25.0. The summed E-state index contributed by atoms with van der Waals surface area (Å²) in [6.45, 7) is 2.79. The molecule has 36 heavy (non-hydrogen) atoms. The Bertz CT molecular complexity index is 1250. The van der Waals surface area contributed by atoms with Gasteiger partial charge in [-0.25, -0.2) is 5.43 Å². The zero-order valence-electron chi connectivity index (χ0n) is 19.9. The van der Waals surface area contributed by atoms with E-state index >= 15 is 0 Å². The number of hydrogen-bond donors (Lipinski definition) is 1. The van der Waals surface area contributed by atoms with Crippen molar-refractivity contribution in [1.29, 1.82) is 0 Å². The molecule has 0 heterocycles. The first-order chi connectivity index (χ1) is 17.6. The van der Waals surface area contributed by atoms with Crippen LogP contribution in [0.3, 0.4) is 0 Å². The Balaban J connectivity index is 1.45. The van der Waals surface area contributed by atoms with Gasteiger partial charge in [-0.2, -0.15) is 5.10 Å². The van der Waals surface area contributed by atoms with E-state index in [-0.39, 0.29) is 5.91 Å². The molecule has 0 aliphatic carbocycles. The van der Waals surface area contributed by atoms with Gasteiger partial charge in [-0.3, -0.25) is 4.79 Å². The Morgan fingerprint density at radius 1 is 0.861 bits per heavy atom. The average Bonchev–Trinajstić information content (AvgIpc) is 2.91. The van der Waals surface area contributed by atoms with Crippen molar-refractivity contribution >= 4 is 23.7 Å². The number of carbonyl (C=O) groups is 1. The van der Waals surface area contributed by atoms with Crippen LogP contribution in [0.5, 0.6) is 11.5 Å². The zero-order valence-corrected chi connectivity index (χ0v) is 20.7. The third-order valence-electron chi connectivity index (χ3n) is 5.49. The molecule has 0 saturated carbocycles. The maximum absolute atomic E-state index is 13.1. The maximum Gasteiger partial charge on any atom is 0.252 e. The smallest absolute Gasteiger partial charge is 0.252 e. The van der Waals surface area contributed by atoms with Crippen molar-refractivity contribution in [3.8, 4) is 11.5 Å². The molecular formula is C30H27ClN2O3. The molecular weight excluding hydrogens is 472 g/mol. The lowest BCUT2D eigenvalue weighted by molar-refractivity contribution is -0.121. The van der Waals surface area contributed by atoms with Crippen LogP contribution in [-0.2, 0) is 11.4 Å². The fourth-order valence-corrected chi connectivity index (χ4v) is 3.88. The number of halogens is 1. The first-order valence-electron chi connectivity index (χ1n) is 11.7. The number of rotatable bonds is 10. The summed E-state index contributed by atoms with van der Waals surface area (Å²) in [4.78, 5) is 13.1. The summed E-state index contributed by atoms with van der Waals surface area (Å²) in [6, 6.07) is 32.4. The molecule has 0 spiro atoms. The van der Waals surface area contributed by atoms with E-state index in [2.05, 4.69) is 10.5 Å². The average molecular weight is 499 g/mol. The van der Waals surface area contributed by atoms with Crippen LogP contribution in [0.25, 0.3) is 0 Å². The van der Waals surface area contributed by atoms with E-state index in [0.717, 1.165) is 22.3 Å². The highest BCUT2D eigenvalue weighted by Crippen LogP contribution is 2.29. The Morgan fingerprint density at radius 2 is 1.50 bits per heavy atom. The van der Waals surface area contributed by atoms with Gasteiger partial charge in [0, 0.05) is 5.02 Å². The van der Waals surface area contributed by atoms with Gasteiger partial charge < -0.3 is 9.47 Å². The Hall–Kier alpha value is -4.09. The van der Waals surface area contributed by atoms with Crippen molar-refractivity contribution < 1.29 is 14.3 Å². The van der Waals surface area contributed by atoms with Gasteiger partial charge >= 0.3 is 0 Å². The molecule has 182 valence electrons. The van der Waals surface area contributed by atoms with Gasteiger partial charge in [0.05, 0.1) is 18.7 Å². The summed E-state index contributed by atoms with van der Waals surface area (Å²) in [5.41, 5.74) is 6.27.